The van der Waals surface area contributed by atoms with Crippen LogP contribution in [0.15, 0.2) is 42.6 Å². The standard InChI is InChI=1S/C22H26ClFN2O2/c23-19-4-2-1-3-17(19)13-25-10-7-21(20-6-5-18(24)14-26-20)8-12-28-22(15-21)9-11-27-16-22/h1-6,14,25H,7-13,15-16H2/t21-,22-/m1/s1. The molecule has 6 heteroatoms. The molecule has 2 aromatic rings. The highest BCUT2D eigenvalue weighted by Gasteiger charge is 2.49. The van der Waals surface area contributed by atoms with Crippen molar-refractivity contribution >= 4 is 11.6 Å². The van der Waals surface area contributed by atoms with Crippen LogP contribution in [-0.2, 0) is 21.4 Å². The van der Waals surface area contributed by atoms with E-state index in [1.54, 1.807) is 0 Å². The van der Waals surface area contributed by atoms with Crippen LogP contribution < -0.4 is 5.32 Å². The van der Waals surface area contributed by atoms with Gasteiger partial charge >= 0.3 is 0 Å². The third-order valence-electron chi connectivity index (χ3n) is 6.04. The first-order valence-electron chi connectivity index (χ1n) is 9.89. The molecule has 1 spiro atoms. The summed E-state index contributed by atoms with van der Waals surface area (Å²) in [5, 5.41) is 4.29. The molecular formula is C22H26ClFN2O2. The summed E-state index contributed by atoms with van der Waals surface area (Å²) >= 11 is 6.26. The van der Waals surface area contributed by atoms with Gasteiger partial charge < -0.3 is 14.8 Å². The average Bonchev–Trinajstić information content (AvgIpc) is 3.14. The molecule has 0 unspecified atom stereocenters. The molecule has 0 bridgehead atoms. The third-order valence-corrected chi connectivity index (χ3v) is 6.41. The number of nitrogens with one attached hydrogen (secondary N) is 1. The third kappa shape index (κ3) is 4.23. The maximum atomic E-state index is 13.5. The van der Waals surface area contributed by atoms with Gasteiger partial charge in [-0.1, -0.05) is 29.8 Å². The van der Waals surface area contributed by atoms with Crippen LogP contribution in [0.1, 0.15) is 36.9 Å². The number of rotatable bonds is 6. The lowest BCUT2D eigenvalue weighted by atomic mass is 9.68. The first-order valence-corrected chi connectivity index (χ1v) is 10.3. The predicted octanol–water partition coefficient (Wildman–Crippen LogP) is 4.26. The molecule has 2 fully saturated rings. The van der Waals surface area contributed by atoms with Crippen molar-refractivity contribution in [3.8, 4) is 0 Å². The number of hydrogen-bond donors (Lipinski definition) is 1. The topological polar surface area (TPSA) is 43.4 Å². The summed E-state index contributed by atoms with van der Waals surface area (Å²) in [5.74, 6) is -0.304. The molecule has 1 aromatic carbocycles. The van der Waals surface area contributed by atoms with E-state index in [2.05, 4.69) is 10.3 Å². The quantitative estimate of drug-likeness (QED) is 0.730. The number of halogens is 2. The van der Waals surface area contributed by atoms with Crippen LogP contribution in [-0.4, -0.2) is 37.0 Å². The molecule has 1 N–H and O–H groups in total. The molecule has 28 heavy (non-hydrogen) atoms. The first kappa shape index (κ1) is 19.8. The zero-order valence-corrected chi connectivity index (χ0v) is 16.7. The minimum Gasteiger partial charge on any atom is -0.378 e. The summed E-state index contributed by atoms with van der Waals surface area (Å²) in [4.78, 5) is 4.46. The van der Waals surface area contributed by atoms with Gasteiger partial charge in [0.2, 0.25) is 0 Å². The lowest BCUT2D eigenvalue weighted by Gasteiger charge is -2.45. The fourth-order valence-corrected chi connectivity index (χ4v) is 4.71. The van der Waals surface area contributed by atoms with Gasteiger partial charge in [-0.05, 0) is 49.6 Å². The van der Waals surface area contributed by atoms with Crippen molar-refractivity contribution in [2.45, 2.75) is 43.2 Å². The molecule has 2 aliphatic heterocycles. The molecule has 1 aromatic heterocycles. The molecule has 0 saturated carbocycles. The van der Waals surface area contributed by atoms with Crippen LogP contribution in [0.4, 0.5) is 4.39 Å². The Hall–Kier alpha value is -1.53. The number of hydrogen-bond acceptors (Lipinski definition) is 4. The number of benzene rings is 1. The Morgan fingerprint density at radius 2 is 2.04 bits per heavy atom. The van der Waals surface area contributed by atoms with E-state index in [1.807, 2.05) is 30.3 Å². The summed E-state index contributed by atoms with van der Waals surface area (Å²) < 4.78 is 25.3. The second kappa shape index (κ2) is 8.46. The molecule has 3 heterocycles. The van der Waals surface area contributed by atoms with E-state index in [9.17, 15) is 4.39 Å². The monoisotopic (exact) mass is 404 g/mol. The van der Waals surface area contributed by atoms with Gasteiger partial charge in [-0.2, -0.15) is 0 Å². The van der Waals surface area contributed by atoms with E-state index in [4.69, 9.17) is 21.1 Å². The predicted molar refractivity (Wildman–Crippen MR) is 107 cm³/mol. The smallest absolute Gasteiger partial charge is 0.141 e. The summed E-state index contributed by atoms with van der Waals surface area (Å²) in [6.45, 7) is 3.58. The number of nitrogens with zero attached hydrogens (tertiary/aromatic N) is 1. The highest BCUT2D eigenvalue weighted by atomic mass is 35.5. The van der Waals surface area contributed by atoms with Crippen molar-refractivity contribution in [2.24, 2.45) is 0 Å². The van der Waals surface area contributed by atoms with Crippen molar-refractivity contribution in [1.82, 2.24) is 10.3 Å². The van der Waals surface area contributed by atoms with Gasteiger partial charge in [0, 0.05) is 42.3 Å². The molecule has 2 saturated heterocycles. The molecule has 2 atom stereocenters. The summed E-state index contributed by atoms with van der Waals surface area (Å²) in [6.07, 6.45) is 4.86. The Morgan fingerprint density at radius 1 is 1.14 bits per heavy atom. The second-order valence-corrected chi connectivity index (χ2v) is 8.33. The maximum Gasteiger partial charge on any atom is 0.141 e. The van der Waals surface area contributed by atoms with E-state index < -0.39 is 0 Å². The number of pyridine rings is 1. The average molecular weight is 405 g/mol. The van der Waals surface area contributed by atoms with Crippen molar-refractivity contribution in [2.75, 3.05) is 26.4 Å². The van der Waals surface area contributed by atoms with Gasteiger partial charge in [-0.3, -0.25) is 4.98 Å². The Bertz CT molecular complexity index is 795. The fourth-order valence-electron chi connectivity index (χ4n) is 4.50. The molecule has 150 valence electrons. The Kier molecular flexibility index (Phi) is 5.97. The Morgan fingerprint density at radius 3 is 2.79 bits per heavy atom. The molecule has 0 radical (unpaired) electrons. The SMILES string of the molecule is Fc1ccc([C@]2(CCNCc3ccccc3Cl)CCO[C@]3(CCOC3)C2)nc1. The van der Waals surface area contributed by atoms with Gasteiger partial charge in [-0.15, -0.1) is 0 Å². The van der Waals surface area contributed by atoms with Crippen LogP contribution >= 0.6 is 11.6 Å². The van der Waals surface area contributed by atoms with Crippen LogP contribution in [0.2, 0.25) is 5.02 Å². The van der Waals surface area contributed by atoms with E-state index in [-0.39, 0.29) is 16.8 Å². The van der Waals surface area contributed by atoms with Crippen LogP contribution in [0.25, 0.3) is 0 Å². The van der Waals surface area contributed by atoms with Crippen LogP contribution in [0, 0.1) is 5.82 Å². The minimum atomic E-state index is -0.304. The van der Waals surface area contributed by atoms with E-state index >= 15 is 0 Å². The Balaban J connectivity index is 1.48. The number of aromatic nitrogens is 1. The summed E-state index contributed by atoms with van der Waals surface area (Å²) in [6, 6.07) is 11.2. The minimum absolute atomic E-state index is 0.146. The summed E-state index contributed by atoms with van der Waals surface area (Å²) in [7, 11) is 0. The van der Waals surface area contributed by atoms with E-state index in [1.165, 1.54) is 12.3 Å². The second-order valence-electron chi connectivity index (χ2n) is 7.92. The normalized spacial score (nSPS) is 27.4. The van der Waals surface area contributed by atoms with Crippen molar-refractivity contribution in [3.63, 3.8) is 0 Å². The van der Waals surface area contributed by atoms with Crippen molar-refractivity contribution in [1.29, 1.82) is 0 Å². The number of ether oxygens (including phenoxy) is 2. The van der Waals surface area contributed by atoms with Crippen molar-refractivity contribution in [3.05, 3.63) is 64.7 Å². The zero-order valence-electron chi connectivity index (χ0n) is 15.9. The highest BCUT2D eigenvalue weighted by Crippen LogP contribution is 2.46. The fraction of sp³-hybridized carbons (Fsp3) is 0.500. The first-order chi connectivity index (χ1) is 13.6. The molecule has 4 rings (SSSR count). The van der Waals surface area contributed by atoms with Crippen LogP contribution in [0.3, 0.4) is 0 Å². The van der Waals surface area contributed by atoms with Gasteiger partial charge in [0.1, 0.15) is 5.82 Å². The van der Waals surface area contributed by atoms with Gasteiger partial charge in [0.15, 0.2) is 0 Å². The highest BCUT2D eigenvalue weighted by molar-refractivity contribution is 6.31. The van der Waals surface area contributed by atoms with Gasteiger partial charge in [0.05, 0.1) is 18.4 Å². The maximum absolute atomic E-state index is 13.5. The lowest BCUT2D eigenvalue weighted by Crippen LogP contribution is -2.49. The Labute approximate surface area is 170 Å². The lowest BCUT2D eigenvalue weighted by molar-refractivity contribution is -0.109. The molecule has 4 nitrogen and oxygen atoms in total. The van der Waals surface area contributed by atoms with Crippen LogP contribution in [0.5, 0.6) is 0 Å². The molecule has 2 aliphatic rings. The zero-order chi connectivity index (χ0) is 19.5. The molecular weight excluding hydrogens is 379 g/mol. The molecule has 0 amide bonds. The van der Waals surface area contributed by atoms with E-state index in [0.29, 0.717) is 13.2 Å². The van der Waals surface area contributed by atoms with Gasteiger partial charge in [0.25, 0.3) is 0 Å². The van der Waals surface area contributed by atoms with Crippen molar-refractivity contribution < 1.29 is 13.9 Å². The van der Waals surface area contributed by atoms with Gasteiger partial charge in [-0.25, -0.2) is 4.39 Å². The summed E-state index contributed by atoms with van der Waals surface area (Å²) in [5.41, 5.74) is 1.65. The largest absolute Gasteiger partial charge is 0.378 e. The molecule has 0 aliphatic carbocycles. The van der Waals surface area contributed by atoms with E-state index in [0.717, 1.165) is 61.7 Å².